The van der Waals surface area contributed by atoms with Gasteiger partial charge in [0.25, 0.3) is 0 Å². The Hall–Kier alpha value is -0.610. The Morgan fingerprint density at radius 3 is 2.86 bits per heavy atom. The van der Waals surface area contributed by atoms with Gasteiger partial charge in [0.1, 0.15) is 6.04 Å². The van der Waals surface area contributed by atoms with Crippen LogP contribution in [0.5, 0.6) is 0 Å². The van der Waals surface area contributed by atoms with Crippen LogP contribution >= 0.6 is 0 Å². The number of carboxylic acid groups (broad SMARTS) is 1. The van der Waals surface area contributed by atoms with Gasteiger partial charge < -0.3 is 9.84 Å². The number of hydrogen-bond donors (Lipinski definition) is 1. The molecular weight excluding hydrogens is 182 g/mol. The highest BCUT2D eigenvalue weighted by Crippen LogP contribution is 2.36. The summed E-state index contributed by atoms with van der Waals surface area (Å²) in [5, 5.41) is 9.04. The third-order valence-electron chi connectivity index (χ3n) is 3.28. The maximum atomic E-state index is 11.0. The molecule has 1 saturated heterocycles. The van der Waals surface area contributed by atoms with Crippen molar-refractivity contribution < 1.29 is 14.6 Å². The highest BCUT2D eigenvalue weighted by Gasteiger charge is 2.39. The summed E-state index contributed by atoms with van der Waals surface area (Å²) < 4.78 is 5.20. The maximum absolute atomic E-state index is 11.0. The van der Waals surface area contributed by atoms with Crippen molar-refractivity contribution in [3.63, 3.8) is 0 Å². The predicted molar refractivity (Wildman–Crippen MR) is 51.1 cm³/mol. The third kappa shape index (κ3) is 1.91. The normalized spacial score (nSPS) is 31.4. The molecule has 1 N–H and O–H groups in total. The molecule has 0 amide bonds. The molecular formula is C10H17NO3. The van der Waals surface area contributed by atoms with Crippen LogP contribution in [0.15, 0.2) is 0 Å². The van der Waals surface area contributed by atoms with Crippen molar-refractivity contribution in [3.8, 4) is 0 Å². The fraction of sp³-hybridized carbons (Fsp3) is 0.900. The monoisotopic (exact) mass is 199 g/mol. The first-order valence-electron chi connectivity index (χ1n) is 5.26. The molecule has 1 heterocycles. The average Bonchev–Trinajstić information content (AvgIpc) is 3.00. The zero-order valence-electron chi connectivity index (χ0n) is 8.48. The summed E-state index contributed by atoms with van der Waals surface area (Å²) in [6.45, 7) is 3.90. The number of carbonyl (C=O) groups is 1. The highest BCUT2D eigenvalue weighted by molar-refractivity contribution is 5.73. The summed E-state index contributed by atoms with van der Waals surface area (Å²) in [6.07, 6.45) is 2.51. The summed E-state index contributed by atoms with van der Waals surface area (Å²) >= 11 is 0. The summed E-state index contributed by atoms with van der Waals surface area (Å²) in [5.74, 6) is -0.0350. The van der Waals surface area contributed by atoms with Crippen LogP contribution in [-0.2, 0) is 9.53 Å². The molecule has 1 aliphatic heterocycles. The number of rotatable bonds is 3. The molecule has 0 aromatic carbocycles. The Morgan fingerprint density at radius 1 is 1.57 bits per heavy atom. The van der Waals surface area contributed by atoms with E-state index in [4.69, 9.17) is 9.84 Å². The number of carboxylic acids is 1. The first-order valence-corrected chi connectivity index (χ1v) is 5.26. The molecule has 2 aliphatic rings. The maximum Gasteiger partial charge on any atom is 0.323 e. The minimum atomic E-state index is -0.753. The van der Waals surface area contributed by atoms with Gasteiger partial charge in [-0.1, -0.05) is 0 Å². The molecule has 1 aliphatic carbocycles. The second kappa shape index (κ2) is 3.87. The number of hydrogen-bond acceptors (Lipinski definition) is 3. The fourth-order valence-electron chi connectivity index (χ4n) is 2.17. The van der Waals surface area contributed by atoms with Gasteiger partial charge in [-0.2, -0.15) is 0 Å². The molecule has 2 unspecified atom stereocenters. The quantitative estimate of drug-likeness (QED) is 0.722. The molecule has 1 saturated carbocycles. The van der Waals surface area contributed by atoms with Gasteiger partial charge in [-0.25, -0.2) is 0 Å². The molecule has 80 valence electrons. The Morgan fingerprint density at radius 2 is 2.29 bits per heavy atom. The molecule has 0 bridgehead atoms. The molecule has 2 rings (SSSR count). The first kappa shape index (κ1) is 9.93. The van der Waals surface area contributed by atoms with Crippen LogP contribution in [-0.4, -0.2) is 47.8 Å². The minimum Gasteiger partial charge on any atom is -0.480 e. The highest BCUT2D eigenvalue weighted by atomic mass is 16.5. The lowest BCUT2D eigenvalue weighted by molar-refractivity contribution is -0.151. The lowest BCUT2D eigenvalue weighted by Gasteiger charge is -2.37. The van der Waals surface area contributed by atoms with Crippen LogP contribution in [0.2, 0.25) is 0 Å². The zero-order chi connectivity index (χ0) is 10.1. The van der Waals surface area contributed by atoms with Crippen LogP contribution in [0.25, 0.3) is 0 Å². The fourth-order valence-corrected chi connectivity index (χ4v) is 2.17. The third-order valence-corrected chi connectivity index (χ3v) is 3.28. The molecule has 2 fully saturated rings. The van der Waals surface area contributed by atoms with Gasteiger partial charge >= 0.3 is 5.97 Å². The van der Waals surface area contributed by atoms with Gasteiger partial charge in [0, 0.05) is 12.6 Å². The molecule has 4 nitrogen and oxygen atoms in total. The van der Waals surface area contributed by atoms with E-state index in [0.29, 0.717) is 19.3 Å². The Labute approximate surface area is 83.8 Å². The summed E-state index contributed by atoms with van der Waals surface area (Å²) in [7, 11) is 0. The van der Waals surface area contributed by atoms with Crippen molar-refractivity contribution in [2.45, 2.75) is 31.8 Å². The van der Waals surface area contributed by atoms with Gasteiger partial charge in [0.15, 0.2) is 0 Å². The van der Waals surface area contributed by atoms with Crippen molar-refractivity contribution in [2.75, 3.05) is 19.8 Å². The van der Waals surface area contributed by atoms with Gasteiger partial charge in [-0.3, -0.25) is 9.69 Å². The van der Waals surface area contributed by atoms with Crippen molar-refractivity contribution in [1.82, 2.24) is 4.90 Å². The number of ether oxygens (including phenoxy) is 1. The van der Waals surface area contributed by atoms with Crippen molar-refractivity contribution in [2.24, 2.45) is 5.92 Å². The molecule has 0 spiro atoms. The van der Waals surface area contributed by atoms with Crippen LogP contribution in [0.4, 0.5) is 0 Å². The summed E-state index contributed by atoms with van der Waals surface area (Å²) in [5.41, 5.74) is 0. The molecule has 0 aromatic heterocycles. The Balaban J connectivity index is 2.01. The van der Waals surface area contributed by atoms with Gasteiger partial charge in [0.05, 0.1) is 13.2 Å². The molecule has 0 radical (unpaired) electrons. The van der Waals surface area contributed by atoms with E-state index in [1.165, 1.54) is 12.8 Å². The van der Waals surface area contributed by atoms with E-state index in [9.17, 15) is 4.79 Å². The van der Waals surface area contributed by atoms with E-state index >= 15 is 0 Å². The summed E-state index contributed by atoms with van der Waals surface area (Å²) in [6, 6.07) is -0.0284. The number of aliphatic carboxylic acids is 1. The second-order valence-electron chi connectivity index (χ2n) is 4.24. The van der Waals surface area contributed by atoms with Crippen LogP contribution < -0.4 is 0 Å². The average molecular weight is 199 g/mol. The van der Waals surface area contributed by atoms with Gasteiger partial charge in [0.2, 0.25) is 0 Å². The standard InChI is InChI=1S/C10H17NO3/c1-7(8-2-3-8)11-4-5-14-6-9(11)10(12)13/h7-9H,2-6H2,1H3,(H,12,13). The Bertz CT molecular complexity index is 227. The van der Waals surface area contributed by atoms with Gasteiger partial charge in [-0.05, 0) is 25.7 Å². The van der Waals surface area contributed by atoms with Crippen LogP contribution in [0.1, 0.15) is 19.8 Å². The topological polar surface area (TPSA) is 49.8 Å². The zero-order valence-corrected chi connectivity index (χ0v) is 8.48. The van der Waals surface area contributed by atoms with E-state index in [2.05, 4.69) is 11.8 Å². The van der Waals surface area contributed by atoms with E-state index < -0.39 is 12.0 Å². The van der Waals surface area contributed by atoms with Crippen molar-refractivity contribution in [1.29, 1.82) is 0 Å². The second-order valence-corrected chi connectivity index (χ2v) is 4.24. The van der Waals surface area contributed by atoms with E-state index in [0.717, 1.165) is 12.5 Å². The SMILES string of the molecule is CC(C1CC1)N1CCOCC1C(=O)O. The van der Waals surface area contributed by atoms with E-state index in [1.54, 1.807) is 0 Å². The summed E-state index contributed by atoms with van der Waals surface area (Å²) in [4.78, 5) is 13.1. The van der Waals surface area contributed by atoms with Crippen molar-refractivity contribution in [3.05, 3.63) is 0 Å². The van der Waals surface area contributed by atoms with Crippen LogP contribution in [0.3, 0.4) is 0 Å². The smallest absolute Gasteiger partial charge is 0.323 e. The number of morpholine rings is 1. The lowest BCUT2D eigenvalue weighted by atomic mass is 10.1. The Kier molecular flexibility index (Phi) is 2.74. The van der Waals surface area contributed by atoms with E-state index in [1.807, 2.05) is 0 Å². The first-order chi connectivity index (χ1) is 6.70. The lowest BCUT2D eigenvalue weighted by Crippen LogP contribution is -2.54. The minimum absolute atomic E-state index is 0.340. The largest absolute Gasteiger partial charge is 0.480 e. The van der Waals surface area contributed by atoms with Crippen molar-refractivity contribution >= 4 is 5.97 Å². The molecule has 14 heavy (non-hydrogen) atoms. The predicted octanol–water partition coefficient (Wildman–Crippen LogP) is 0.570. The molecule has 2 atom stereocenters. The van der Waals surface area contributed by atoms with Crippen LogP contribution in [0, 0.1) is 5.92 Å². The molecule has 0 aromatic rings. The van der Waals surface area contributed by atoms with Gasteiger partial charge in [-0.15, -0.1) is 0 Å². The van der Waals surface area contributed by atoms with E-state index in [-0.39, 0.29) is 0 Å². The number of nitrogens with zero attached hydrogens (tertiary/aromatic N) is 1. The molecule has 4 heteroatoms.